The van der Waals surface area contributed by atoms with Gasteiger partial charge in [0.05, 0.1) is 6.26 Å². The summed E-state index contributed by atoms with van der Waals surface area (Å²) < 4.78 is 11.0. The van der Waals surface area contributed by atoms with Gasteiger partial charge in [0.2, 0.25) is 0 Å². The van der Waals surface area contributed by atoms with E-state index in [4.69, 9.17) is 20.8 Å². The monoisotopic (exact) mass is 341 g/mol. The zero-order chi connectivity index (χ0) is 16.8. The maximum absolute atomic E-state index is 12.3. The number of carbonyl (C=O) groups is 1. The second kappa shape index (κ2) is 7.70. The second-order valence-corrected chi connectivity index (χ2v) is 5.62. The highest BCUT2D eigenvalue weighted by Crippen LogP contribution is 2.16. The van der Waals surface area contributed by atoms with Crippen LogP contribution in [0.3, 0.4) is 0 Å². The van der Waals surface area contributed by atoms with Gasteiger partial charge in [-0.25, -0.2) is 0 Å². The van der Waals surface area contributed by atoms with Crippen LogP contribution in [0.15, 0.2) is 71.3 Å². The molecule has 3 rings (SSSR count). The maximum Gasteiger partial charge on any atom is 0.287 e. The molecule has 5 heteroatoms. The molecule has 1 N–H and O–H groups in total. The SMILES string of the molecule is O=C(NCc1ccc(Cl)cc1)c1occc1COc1ccccc1. The van der Waals surface area contributed by atoms with E-state index in [1.165, 1.54) is 6.26 Å². The van der Waals surface area contributed by atoms with Gasteiger partial charge in [0.1, 0.15) is 12.4 Å². The third kappa shape index (κ3) is 4.18. The number of ether oxygens (including phenoxy) is 1. The molecule has 0 aliphatic carbocycles. The van der Waals surface area contributed by atoms with Crippen molar-refractivity contribution >= 4 is 17.5 Å². The molecule has 122 valence electrons. The maximum atomic E-state index is 12.3. The van der Waals surface area contributed by atoms with E-state index in [1.807, 2.05) is 42.5 Å². The fourth-order valence-electron chi connectivity index (χ4n) is 2.19. The fourth-order valence-corrected chi connectivity index (χ4v) is 2.32. The van der Waals surface area contributed by atoms with Gasteiger partial charge in [0.15, 0.2) is 5.76 Å². The summed E-state index contributed by atoms with van der Waals surface area (Å²) in [5.74, 6) is 0.729. The number of rotatable bonds is 6. The molecular weight excluding hydrogens is 326 g/mol. The summed E-state index contributed by atoms with van der Waals surface area (Å²) in [6, 6.07) is 18.5. The molecule has 2 aromatic carbocycles. The van der Waals surface area contributed by atoms with Crippen LogP contribution in [0.2, 0.25) is 5.02 Å². The first-order chi connectivity index (χ1) is 11.7. The van der Waals surface area contributed by atoms with Gasteiger partial charge >= 0.3 is 0 Å². The summed E-state index contributed by atoms with van der Waals surface area (Å²) in [5.41, 5.74) is 1.66. The number of nitrogens with one attached hydrogen (secondary N) is 1. The van der Waals surface area contributed by atoms with Crippen LogP contribution in [0.25, 0.3) is 0 Å². The molecule has 0 saturated heterocycles. The summed E-state index contributed by atoms with van der Waals surface area (Å²) in [6.45, 7) is 0.667. The first kappa shape index (κ1) is 16.1. The van der Waals surface area contributed by atoms with Crippen molar-refractivity contribution in [1.29, 1.82) is 0 Å². The molecule has 24 heavy (non-hydrogen) atoms. The van der Waals surface area contributed by atoms with E-state index >= 15 is 0 Å². The van der Waals surface area contributed by atoms with E-state index in [2.05, 4.69) is 5.32 Å². The van der Waals surface area contributed by atoms with Crippen molar-refractivity contribution in [1.82, 2.24) is 5.32 Å². The van der Waals surface area contributed by atoms with E-state index in [0.717, 1.165) is 11.3 Å². The highest BCUT2D eigenvalue weighted by Gasteiger charge is 2.15. The first-order valence-corrected chi connectivity index (χ1v) is 7.87. The number of carbonyl (C=O) groups excluding carboxylic acids is 1. The Hall–Kier alpha value is -2.72. The largest absolute Gasteiger partial charge is 0.489 e. The Morgan fingerprint density at radius 1 is 1.04 bits per heavy atom. The van der Waals surface area contributed by atoms with Crippen LogP contribution in [-0.4, -0.2) is 5.91 Å². The molecule has 1 heterocycles. The van der Waals surface area contributed by atoms with Crippen molar-refractivity contribution in [3.63, 3.8) is 0 Å². The Bertz CT molecular complexity index is 797. The highest BCUT2D eigenvalue weighted by atomic mass is 35.5. The predicted molar refractivity (Wildman–Crippen MR) is 92.1 cm³/mol. The molecule has 1 amide bonds. The van der Waals surface area contributed by atoms with E-state index in [9.17, 15) is 4.79 Å². The van der Waals surface area contributed by atoms with Crippen molar-refractivity contribution in [2.45, 2.75) is 13.2 Å². The van der Waals surface area contributed by atoms with Gasteiger partial charge < -0.3 is 14.5 Å². The standard InChI is InChI=1S/C19H16ClNO3/c20-16-8-6-14(7-9-16)12-21-19(22)18-15(10-11-23-18)13-24-17-4-2-1-3-5-17/h1-11H,12-13H2,(H,21,22). The Labute approximate surface area is 145 Å². The molecule has 3 aromatic rings. The Kier molecular flexibility index (Phi) is 5.18. The van der Waals surface area contributed by atoms with Gasteiger partial charge in [0, 0.05) is 17.1 Å². The molecule has 0 radical (unpaired) electrons. The van der Waals surface area contributed by atoms with E-state index in [0.29, 0.717) is 17.1 Å². The van der Waals surface area contributed by atoms with Crippen LogP contribution < -0.4 is 10.1 Å². The number of amides is 1. The predicted octanol–water partition coefficient (Wildman–Crippen LogP) is 4.44. The quantitative estimate of drug-likeness (QED) is 0.721. The van der Waals surface area contributed by atoms with E-state index in [1.54, 1.807) is 18.2 Å². The lowest BCUT2D eigenvalue weighted by atomic mass is 10.2. The molecular formula is C19H16ClNO3. The summed E-state index contributed by atoms with van der Waals surface area (Å²) in [6.07, 6.45) is 1.49. The molecule has 0 aliphatic rings. The van der Waals surface area contributed by atoms with E-state index in [-0.39, 0.29) is 18.3 Å². The van der Waals surface area contributed by atoms with Gasteiger partial charge in [-0.05, 0) is 35.9 Å². The van der Waals surface area contributed by atoms with Crippen LogP contribution >= 0.6 is 11.6 Å². The fraction of sp³-hybridized carbons (Fsp3) is 0.105. The minimum absolute atomic E-state index is 0.264. The third-order valence-corrected chi connectivity index (χ3v) is 3.71. The summed E-state index contributed by atoms with van der Waals surface area (Å²) in [4.78, 5) is 12.3. The van der Waals surface area contributed by atoms with Crippen LogP contribution in [0.1, 0.15) is 21.7 Å². The number of benzene rings is 2. The summed E-state index contributed by atoms with van der Waals surface area (Å²) >= 11 is 5.85. The number of furan rings is 1. The lowest BCUT2D eigenvalue weighted by Crippen LogP contribution is -2.23. The highest BCUT2D eigenvalue weighted by molar-refractivity contribution is 6.30. The number of para-hydroxylation sites is 1. The van der Waals surface area contributed by atoms with E-state index < -0.39 is 0 Å². The van der Waals surface area contributed by atoms with Gasteiger partial charge in [0.25, 0.3) is 5.91 Å². The zero-order valence-corrected chi connectivity index (χ0v) is 13.6. The normalized spacial score (nSPS) is 10.4. The van der Waals surface area contributed by atoms with Crippen LogP contribution in [-0.2, 0) is 13.2 Å². The smallest absolute Gasteiger partial charge is 0.287 e. The number of halogens is 1. The molecule has 1 aromatic heterocycles. The van der Waals surface area contributed by atoms with Crippen molar-refractivity contribution in [3.05, 3.63) is 88.8 Å². The van der Waals surface area contributed by atoms with Gasteiger partial charge in [-0.2, -0.15) is 0 Å². The average molecular weight is 342 g/mol. The van der Waals surface area contributed by atoms with Crippen molar-refractivity contribution in [3.8, 4) is 5.75 Å². The molecule has 0 unspecified atom stereocenters. The van der Waals surface area contributed by atoms with Crippen LogP contribution in [0, 0.1) is 0 Å². The Morgan fingerprint density at radius 2 is 1.79 bits per heavy atom. The van der Waals surface area contributed by atoms with Gasteiger partial charge in [-0.15, -0.1) is 0 Å². The Morgan fingerprint density at radius 3 is 2.54 bits per heavy atom. The molecule has 4 nitrogen and oxygen atoms in total. The Balaban J connectivity index is 1.59. The van der Waals surface area contributed by atoms with Gasteiger partial charge in [-0.1, -0.05) is 41.9 Å². The second-order valence-electron chi connectivity index (χ2n) is 5.19. The molecule has 0 fully saturated rings. The van der Waals surface area contributed by atoms with Crippen molar-refractivity contribution in [2.24, 2.45) is 0 Å². The molecule has 0 aliphatic heterocycles. The zero-order valence-electron chi connectivity index (χ0n) is 12.9. The number of hydrogen-bond donors (Lipinski definition) is 1. The topological polar surface area (TPSA) is 51.5 Å². The first-order valence-electron chi connectivity index (χ1n) is 7.49. The van der Waals surface area contributed by atoms with Crippen molar-refractivity contribution < 1.29 is 13.9 Å². The molecule has 0 atom stereocenters. The van der Waals surface area contributed by atoms with Crippen LogP contribution in [0.4, 0.5) is 0 Å². The summed E-state index contributed by atoms with van der Waals surface area (Å²) in [5, 5.41) is 3.49. The molecule has 0 saturated carbocycles. The minimum Gasteiger partial charge on any atom is -0.489 e. The average Bonchev–Trinajstić information content (AvgIpc) is 3.09. The number of hydrogen-bond acceptors (Lipinski definition) is 3. The third-order valence-electron chi connectivity index (χ3n) is 3.46. The lowest BCUT2D eigenvalue weighted by molar-refractivity contribution is 0.0919. The van der Waals surface area contributed by atoms with Crippen molar-refractivity contribution in [2.75, 3.05) is 0 Å². The van der Waals surface area contributed by atoms with Gasteiger partial charge in [-0.3, -0.25) is 4.79 Å². The lowest BCUT2D eigenvalue weighted by Gasteiger charge is -2.07. The van der Waals surface area contributed by atoms with Crippen LogP contribution in [0.5, 0.6) is 5.75 Å². The molecule has 0 spiro atoms. The summed E-state index contributed by atoms with van der Waals surface area (Å²) in [7, 11) is 0. The molecule has 0 bridgehead atoms. The minimum atomic E-state index is -0.276.